The highest BCUT2D eigenvalue weighted by molar-refractivity contribution is 14.1. The van der Waals surface area contributed by atoms with E-state index < -0.39 is 0 Å². The first-order valence-electron chi connectivity index (χ1n) is 5.39. The van der Waals surface area contributed by atoms with Crippen LogP contribution in [0.25, 0.3) is 0 Å². The highest BCUT2D eigenvalue weighted by atomic mass is 127. The van der Waals surface area contributed by atoms with Gasteiger partial charge in [-0.25, -0.2) is 4.98 Å². The van der Waals surface area contributed by atoms with Crippen molar-refractivity contribution in [3.05, 3.63) is 21.5 Å². The van der Waals surface area contributed by atoms with Crippen LogP contribution >= 0.6 is 22.6 Å². The lowest BCUT2D eigenvalue weighted by molar-refractivity contribution is 0.724. The third-order valence-corrected chi connectivity index (χ3v) is 3.54. The minimum Gasteiger partial charge on any atom is -0.369 e. The van der Waals surface area contributed by atoms with Gasteiger partial charge in [-0.3, -0.25) is 0 Å². The van der Waals surface area contributed by atoms with Crippen molar-refractivity contribution in [1.29, 1.82) is 0 Å². The second-order valence-corrected chi connectivity index (χ2v) is 4.79. The van der Waals surface area contributed by atoms with Crippen molar-refractivity contribution in [2.45, 2.75) is 6.42 Å². The summed E-state index contributed by atoms with van der Waals surface area (Å²) >= 11 is 2.17. The lowest BCUT2D eigenvalue weighted by Gasteiger charge is -2.22. The van der Waals surface area contributed by atoms with E-state index in [2.05, 4.69) is 49.8 Å². The van der Waals surface area contributed by atoms with Crippen LogP contribution in [0, 0.1) is 16.0 Å². The Bertz CT molecular complexity index is 403. The Balaban J connectivity index is 2.22. The van der Waals surface area contributed by atoms with Crippen molar-refractivity contribution in [3.63, 3.8) is 0 Å². The summed E-state index contributed by atoms with van der Waals surface area (Å²) < 4.78 is 0.900. The van der Waals surface area contributed by atoms with E-state index in [0.29, 0.717) is 0 Å². The standard InChI is InChI=1S/C12H14IN3/c1-2-10-8-11(9-15-12(10)13)16-6-3-4-14-5-7-16/h1,8-9,14H,3-7H2. The van der Waals surface area contributed by atoms with Crippen LogP contribution in [0.15, 0.2) is 12.3 Å². The topological polar surface area (TPSA) is 28.2 Å². The molecular formula is C12H14IN3. The van der Waals surface area contributed by atoms with Crippen LogP contribution in [0.3, 0.4) is 0 Å². The molecule has 0 radical (unpaired) electrons. The molecule has 0 aliphatic carbocycles. The third kappa shape index (κ3) is 2.66. The Kier molecular flexibility index (Phi) is 4.02. The number of terminal acetylenes is 1. The SMILES string of the molecule is C#Cc1cc(N2CCCNCC2)cnc1I. The molecule has 1 aromatic heterocycles. The number of nitrogens with zero attached hydrogens (tertiary/aromatic N) is 2. The zero-order chi connectivity index (χ0) is 11.4. The molecule has 1 saturated heterocycles. The van der Waals surface area contributed by atoms with Crippen LogP contribution in [-0.2, 0) is 0 Å². The van der Waals surface area contributed by atoms with Gasteiger partial charge < -0.3 is 10.2 Å². The molecule has 0 amide bonds. The molecule has 0 aromatic carbocycles. The van der Waals surface area contributed by atoms with Gasteiger partial charge in [0.2, 0.25) is 0 Å². The number of aromatic nitrogens is 1. The van der Waals surface area contributed by atoms with E-state index in [9.17, 15) is 0 Å². The van der Waals surface area contributed by atoms with E-state index in [0.717, 1.165) is 47.6 Å². The van der Waals surface area contributed by atoms with Crippen molar-refractivity contribution in [2.24, 2.45) is 0 Å². The number of anilines is 1. The minimum absolute atomic E-state index is 0.885. The van der Waals surface area contributed by atoms with E-state index in [1.165, 1.54) is 0 Å². The summed E-state index contributed by atoms with van der Waals surface area (Å²) in [7, 11) is 0. The van der Waals surface area contributed by atoms with Gasteiger partial charge in [0.15, 0.2) is 0 Å². The van der Waals surface area contributed by atoms with Crippen LogP contribution in [0.2, 0.25) is 0 Å². The summed E-state index contributed by atoms with van der Waals surface area (Å²) in [6, 6.07) is 2.06. The van der Waals surface area contributed by atoms with E-state index in [4.69, 9.17) is 6.42 Å². The molecule has 84 valence electrons. The fraction of sp³-hybridized carbons (Fsp3) is 0.417. The van der Waals surface area contributed by atoms with Gasteiger partial charge in [-0.1, -0.05) is 5.92 Å². The van der Waals surface area contributed by atoms with Gasteiger partial charge in [0.25, 0.3) is 0 Å². The molecule has 1 fully saturated rings. The maximum Gasteiger partial charge on any atom is 0.117 e. The third-order valence-electron chi connectivity index (χ3n) is 2.69. The number of hydrogen-bond acceptors (Lipinski definition) is 3. The Labute approximate surface area is 110 Å². The fourth-order valence-corrected chi connectivity index (χ4v) is 2.27. The molecule has 4 heteroatoms. The molecule has 3 nitrogen and oxygen atoms in total. The Morgan fingerprint density at radius 3 is 3.12 bits per heavy atom. The molecule has 0 saturated carbocycles. The van der Waals surface area contributed by atoms with Gasteiger partial charge in [0, 0.05) is 19.6 Å². The Morgan fingerprint density at radius 2 is 2.31 bits per heavy atom. The summed E-state index contributed by atoms with van der Waals surface area (Å²) in [6.45, 7) is 4.21. The van der Waals surface area contributed by atoms with Gasteiger partial charge in [0.1, 0.15) is 3.70 Å². The van der Waals surface area contributed by atoms with Crippen molar-refractivity contribution >= 4 is 28.3 Å². The van der Waals surface area contributed by atoms with Crippen LogP contribution in [0.4, 0.5) is 5.69 Å². The molecule has 1 aromatic rings. The highest BCUT2D eigenvalue weighted by Crippen LogP contribution is 2.18. The van der Waals surface area contributed by atoms with E-state index >= 15 is 0 Å². The second kappa shape index (κ2) is 5.51. The number of rotatable bonds is 1. The molecule has 1 N–H and O–H groups in total. The Morgan fingerprint density at radius 1 is 1.44 bits per heavy atom. The lowest BCUT2D eigenvalue weighted by Crippen LogP contribution is -2.28. The second-order valence-electron chi connectivity index (χ2n) is 3.77. The van der Waals surface area contributed by atoms with Gasteiger partial charge in [-0.15, -0.1) is 6.42 Å². The number of nitrogens with one attached hydrogen (secondary N) is 1. The average molecular weight is 327 g/mol. The van der Waals surface area contributed by atoms with Crippen molar-refractivity contribution in [1.82, 2.24) is 10.3 Å². The van der Waals surface area contributed by atoms with Crippen LogP contribution in [-0.4, -0.2) is 31.2 Å². The van der Waals surface area contributed by atoms with Crippen molar-refractivity contribution in [2.75, 3.05) is 31.1 Å². The first-order valence-corrected chi connectivity index (χ1v) is 6.47. The summed E-state index contributed by atoms with van der Waals surface area (Å²) in [5, 5.41) is 3.38. The smallest absolute Gasteiger partial charge is 0.117 e. The maximum absolute atomic E-state index is 5.45. The van der Waals surface area contributed by atoms with Crippen LogP contribution in [0.5, 0.6) is 0 Å². The molecule has 2 rings (SSSR count). The fourth-order valence-electron chi connectivity index (χ4n) is 1.82. The van der Waals surface area contributed by atoms with Crippen molar-refractivity contribution < 1.29 is 0 Å². The normalized spacial score (nSPS) is 16.6. The number of hydrogen-bond donors (Lipinski definition) is 1. The van der Waals surface area contributed by atoms with E-state index in [1.807, 2.05) is 6.20 Å². The molecular weight excluding hydrogens is 313 g/mol. The molecule has 0 bridgehead atoms. The minimum atomic E-state index is 0.885. The number of pyridine rings is 1. The molecule has 16 heavy (non-hydrogen) atoms. The first kappa shape index (κ1) is 11.7. The molecule has 2 heterocycles. The molecule has 0 spiro atoms. The van der Waals surface area contributed by atoms with E-state index in [1.54, 1.807) is 0 Å². The van der Waals surface area contributed by atoms with Crippen molar-refractivity contribution in [3.8, 4) is 12.3 Å². The monoisotopic (exact) mass is 327 g/mol. The van der Waals surface area contributed by atoms with Crippen LogP contribution in [0.1, 0.15) is 12.0 Å². The zero-order valence-electron chi connectivity index (χ0n) is 9.04. The summed E-state index contributed by atoms with van der Waals surface area (Å²) in [6.07, 6.45) is 8.53. The van der Waals surface area contributed by atoms with Gasteiger partial charge in [-0.05, 0) is 41.6 Å². The van der Waals surface area contributed by atoms with Gasteiger partial charge in [0.05, 0.1) is 17.4 Å². The van der Waals surface area contributed by atoms with E-state index in [-0.39, 0.29) is 0 Å². The Hall–Kier alpha value is -0.800. The predicted molar refractivity (Wildman–Crippen MR) is 74.6 cm³/mol. The first-order chi connectivity index (χ1) is 7.81. The quantitative estimate of drug-likeness (QED) is 0.481. The molecule has 1 aliphatic heterocycles. The molecule has 1 aliphatic rings. The lowest BCUT2D eigenvalue weighted by atomic mass is 10.2. The van der Waals surface area contributed by atoms with Gasteiger partial charge >= 0.3 is 0 Å². The predicted octanol–water partition coefficient (Wildman–Crippen LogP) is 1.47. The highest BCUT2D eigenvalue weighted by Gasteiger charge is 2.11. The van der Waals surface area contributed by atoms with Crippen LogP contribution < -0.4 is 10.2 Å². The maximum atomic E-state index is 5.45. The zero-order valence-corrected chi connectivity index (χ0v) is 11.2. The summed E-state index contributed by atoms with van der Waals surface area (Å²) in [5.41, 5.74) is 2.02. The molecule has 0 unspecified atom stereocenters. The number of halogens is 1. The molecule has 0 atom stereocenters. The van der Waals surface area contributed by atoms with Gasteiger partial charge in [-0.2, -0.15) is 0 Å². The average Bonchev–Trinajstić information content (AvgIpc) is 2.58. The summed E-state index contributed by atoms with van der Waals surface area (Å²) in [4.78, 5) is 6.68. The largest absolute Gasteiger partial charge is 0.369 e. The summed E-state index contributed by atoms with van der Waals surface area (Å²) in [5.74, 6) is 2.68.